The third-order valence-electron chi connectivity index (χ3n) is 4.70. The quantitative estimate of drug-likeness (QED) is 0.408. The number of hydrogen-bond acceptors (Lipinski definition) is 4. The van der Waals surface area contributed by atoms with Crippen LogP contribution in [0.2, 0.25) is 5.02 Å². The first-order valence-corrected chi connectivity index (χ1v) is 10.2. The van der Waals surface area contributed by atoms with Gasteiger partial charge in [0.2, 0.25) is 0 Å². The van der Waals surface area contributed by atoms with Crippen LogP contribution in [0.4, 0.5) is 5.13 Å². The molecule has 7 heteroatoms. The zero-order valence-electron chi connectivity index (χ0n) is 15.2. The number of para-hydroxylation sites is 1. The Bertz CT molecular complexity index is 1330. The van der Waals surface area contributed by atoms with Crippen LogP contribution in [0.5, 0.6) is 0 Å². The fourth-order valence-electron chi connectivity index (χ4n) is 3.30. The fraction of sp³-hybridized carbons (Fsp3) is 0.0455. The number of benzene rings is 2. The molecule has 0 saturated heterocycles. The van der Waals surface area contributed by atoms with Crippen LogP contribution in [0.15, 0.2) is 73.2 Å². The van der Waals surface area contributed by atoms with Crippen LogP contribution in [0.1, 0.15) is 15.9 Å². The molecule has 3 aromatic heterocycles. The lowest BCUT2D eigenvalue weighted by Gasteiger charge is -2.19. The summed E-state index contributed by atoms with van der Waals surface area (Å²) in [6, 6.07) is 17.1. The van der Waals surface area contributed by atoms with E-state index in [-0.39, 0.29) is 5.91 Å². The van der Waals surface area contributed by atoms with Gasteiger partial charge in [-0.1, -0.05) is 47.2 Å². The maximum atomic E-state index is 13.6. The normalized spacial score (nSPS) is 11.2. The molecule has 0 saturated carbocycles. The molecule has 0 bridgehead atoms. The molecular formula is C22H15ClN4OS. The number of amides is 1. The molecule has 0 radical (unpaired) electrons. The largest absolute Gasteiger partial charge is 0.360 e. The Hall–Kier alpha value is -3.22. The second-order valence-electron chi connectivity index (χ2n) is 6.61. The first kappa shape index (κ1) is 17.8. The van der Waals surface area contributed by atoms with E-state index in [2.05, 4.69) is 9.97 Å². The van der Waals surface area contributed by atoms with Gasteiger partial charge in [0.1, 0.15) is 0 Å². The molecule has 29 heavy (non-hydrogen) atoms. The minimum absolute atomic E-state index is 0.114. The number of hydrogen-bond donors (Lipinski definition) is 1. The van der Waals surface area contributed by atoms with Gasteiger partial charge in [-0.2, -0.15) is 0 Å². The van der Waals surface area contributed by atoms with E-state index in [1.807, 2.05) is 48.5 Å². The molecule has 2 aromatic carbocycles. The van der Waals surface area contributed by atoms with Crippen molar-refractivity contribution >= 4 is 55.1 Å². The summed E-state index contributed by atoms with van der Waals surface area (Å²) in [7, 11) is 0. The van der Waals surface area contributed by atoms with Crippen LogP contribution in [-0.2, 0) is 6.54 Å². The number of nitrogens with one attached hydrogen (secondary N) is 1. The van der Waals surface area contributed by atoms with Crippen LogP contribution in [0, 0.1) is 0 Å². The van der Waals surface area contributed by atoms with Gasteiger partial charge in [-0.05, 0) is 35.9 Å². The van der Waals surface area contributed by atoms with Crippen molar-refractivity contribution in [2.75, 3.05) is 4.90 Å². The molecule has 3 heterocycles. The lowest BCUT2D eigenvalue weighted by molar-refractivity contribution is 0.0986. The Morgan fingerprint density at radius 3 is 2.90 bits per heavy atom. The summed E-state index contributed by atoms with van der Waals surface area (Å²) in [4.78, 5) is 27.3. The van der Waals surface area contributed by atoms with Gasteiger partial charge >= 0.3 is 0 Å². The maximum Gasteiger partial charge on any atom is 0.262 e. The van der Waals surface area contributed by atoms with E-state index in [4.69, 9.17) is 16.6 Å². The molecule has 0 aliphatic rings. The molecular weight excluding hydrogens is 404 g/mol. The van der Waals surface area contributed by atoms with Crippen LogP contribution in [-0.4, -0.2) is 20.9 Å². The SMILES string of the molecule is O=C(c1c[nH]c2ccccc12)N(Cc1cccnc1)c1nc2ccc(Cl)cc2s1. The predicted molar refractivity (Wildman–Crippen MR) is 118 cm³/mol. The third-order valence-corrected chi connectivity index (χ3v) is 5.97. The van der Waals surface area contributed by atoms with E-state index in [9.17, 15) is 4.79 Å². The smallest absolute Gasteiger partial charge is 0.262 e. The molecule has 142 valence electrons. The second-order valence-corrected chi connectivity index (χ2v) is 8.05. The third kappa shape index (κ3) is 3.37. The summed E-state index contributed by atoms with van der Waals surface area (Å²) < 4.78 is 0.940. The zero-order chi connectivity index (χ0) is 19.8. The number of aromatic nitrogens is 3. The van der Waals surface area contributed by atoms with Crippen molar-refractivity contribution in [3.63, 3.8) is 0 Å². The van der Waals surface area contributed by atoms with Crippen LogP contribution >= 0.6 is 22.9 Å². The average molecular weight is 419 g/mol. The number of carbonyl (C=O) groups is 1. The van der Waals surface area contributed by atoms with Gasteiger partial charge in [-0.15, -0.1) is 0 Å². The number of fused-ring (bicyclic) bond motifs is 2. The molecule has 5 aromatic rings. The number of nitrogens with zero attached hydrogens (tertiary/aromatic N) is 3. The zero-order valence-corrected chi connectivity index (χ0v) is 16.7. The molecule has 0 unspecified atom stereocenters. The Morgan fingerprint density at radius 2 is 2.03 bits per heavy atom. The molecule has 0 atom stereocenters. The summed E-state index contributed by atoms with van der Waals surface area (Å²) in [6.45, 7) is 0.375. The number of pyridine rings is 1. The van der Waals surface area contributed by atoms with Crippen molar-refractivity contribution in [2.24, 2.45) is 0 Å². The van der Waals surface area contributed by atoms with Gasteiger partial charge in [0.05, 0.1) is 22.3 Å². The van der Waals surface area contributed by atoms with Gasteiger partial charge in [0.25, 0.3) is 5.91 Å². The Morgan fingerprint density at radius 1 is 1.14 bits per heavy atom. The summed E-state index contributed by atoms with van der Waals surface area (Å²) in [5.74, 6) is -0.114. The highest BCUT2D eigenvalue weighted by Crippen LogP contribution is 2.33. The van der Waals surface area contributed by atoms with E-state index in [0.717, 1.165) is 26.7 Å². The average Bonchev–Trinajstić information content (AvgIpc) is 3.36. The van der Waals surface area contributed by atoms with Crippen molar-refractivity contribution in [2.45, 2.75) is 6.54 Å². The summed E-state index contributed by atoms with van der Waals surface area (Å²) in [5.41, 5.74) is 3.28. The van der Waals surface area contributed by atoms with Crippen molar-refractivity contribution in [1.29, 1.82) is 0 Å². The minimum atomic E-state index is -0.114. The minimum Gasteiger partial charge on any atom is -0.360 e. The number of anilines is 1. The van der Waals surface area contributed by atoms with E-state index >= 15 is 0 Å². The van der Waals surface area contributed by atoms with Crippen molar-refractivity contribution in [1.82, 2.24) is 15.0 Å². The predicted octanol–water partition coefficient (Wildman–Crippen LogP) is 5.67. The molecule has 1 amide bonds. The standard InChI is InChI=1S/C22H15ClN4OS/c23-15-7-8-19-20(10-15)29-22(26-19)27(13-14-4-3-9-24-11-14)21(28)17-12-25-18-6-2-1-5-16(17)18/h1-12,25H,13H2. The fourth-order valence-corrected chi connectivity index (χ4v) is 4.54. The maximum absolute atomic E-state index is 13.6. The van der Waals surface area contributed by atoms with Crippen LogP contribution < -0.4 is 4.90 Å². The van der Waals surface area contributed by atoms with E-state index in [1.165, 1.54) is 11.3 Å². The summed E-state index contributed by atoms with van der Waals surface area (Å²) >= 11 is 7.58. The monoisotopic (exact) mass is 418 g/mol. The number of halogens is 1. The topological polar surface area (TPSA) is 61.9 Å². The number of aromatic amines is 1. The molecule has 1 N–H and O–H groups in total. The van der Waals surface area contributed by atoms with E-state index in [1.54, 1.807) is 29.6 Å². The van der Waals surface area contributed by atoms with Crippen LogP contribution in [0.3, 0.4) is 0 Å². The highest BCUT2D eigenvalue weighted by atomic mass is 35.5. The molecule has 5 rings (SSSR count). The number of thiazole rings is 1. The highest BCUT2D eigenvalue weighted by Gasteiger charge is 2.24. The van der Waals surface area contributed by atoms with Crippen molar-refractivity contribution in [3.8, 4) is 0 Å². The van der Waals surface area contributed by atoms with Gasteiger partial charge in [-0.25, -0.2) is 4.98 Å². The summed E-state index contributed by atoms with van der Waals surface area (Å²) in [6.07, 6.45) is 5.24. The first-order chi connectivity index (χ1) is 14.2. The molecule has 5 nitrogen and oxygen atoms in total. The van der Waals surface area contributed by atoms with Gasteiger partial charge in [-0.3, -0.25) is 14.7 Å². The van der Waals surface area contributed by atoms with Gasteiger partial charge < -0.3 is 4.98 Å². The Balaban J connectivity index is 1.61. The number of carbonyl (C=O) groups excluding carboxylic acids is 1. The Kier molecular flexibility index (Phi) is 4.50. The van der Waals surface area contributed by atoms with E-state index < -0.39 is 0 Å². The van der Waals surface area contributed by atoms with Crippen molar-refractivity contribution in [3.05, 3.63) is 89.3 Å². The molecule has 0 spiro atoms. The lowest BCUT2D eigenvalue weighted by Crippen LogP contribution is -2.30. The number of H-pyrrole nitrogens is 1. The molecule has 0 fully saturated rings. The van der Waals surface area contributed by atoms with Gasteiger partial charge in [0, 0.05) is 34.5 Å². The first-order valence-electron chi connectivity index (χ1n) is 9.02. The second kappa shape index (κ2) is 7.31. The van der Waals surface area contributed by atoms with Gasteiger partial charge in [0.15, 0.2) is 5.13 Å². The highest BCUT2D eigenvalue weighted by molar-refractivity contribution is 7.22. The summed E-state index contributed by atoms with van der Waals surface area (Å²) in [5, 5.41) is 2.16. The molecule has 0 aliphatic heterocycles. The Labute approximate surface area is 175 Å². The van der Waals surface area contributed by atoms with Crippen molar-refractivity contribution < 1.29 is 4.79 Å². The molecule has 0 aliphatic carbocycles. The van der Waals surface area contributed by atoms with E-state index in [0.29, 0.717) is 22.3 Å². The number of rotatable bonds is 4. The lowest BCUT2D eigenvalue weighted by atomic mass is 10.1. The van der Waals surface area contributed by atoms with Crippen LogP contribution in [0.25, 0.3) is 21.1 Å².